The summed E-state index contributed by atoms with van der Waals surface area (Å²) in [5.74, 6) is 0.570. The standard InChI is InChI=1S/C9H16O/c1-7-3-6-9(8(7)10)4-2-5-9/h7-8,10H,2-6H2,1H3/t7-,8-/m0/s1. The molecule has 0 aliphatic heterocycles. The van der Waals surface area contributed by atoms with E-state index in [9.17, 15) is 5.11 Å². The molecule has 0 aromatic rings. The summed E-state index contributed by atoms with van der Waals surface area (Å²) in [4.78, 5) is 0. The van der Waals surface area contributed by atoms with Crippen molar-refractivity contribution in [2.24, 2.45) is 11.3 Å². The lowest BCUT2D eigenvalue weighted by Gasteiger charge is -2.42. The molecule has 0 amide bonds. The van der Waals surface area contributed by atoms with Crippen molar-refractivity contribution < 1.29 is 5.11 Å². The summed E-state index contributed by atoms with van der Waals surface area (Å²) in [6, 6.07) is 0. The fourth-order valence-corrected chi connectivity index (χ4v) is 2.60. The highest BCUT2D eigenvalue weighted by atomic mass is 16.3. The Bertz CT molecular complexity index is 138. The van der Waals surface area contributed by atoms with Gasteiger partial charge in [-0.05, 0) is 37.0 Å². The lowest BCUT2D eigenvalue weighted by molar-refractivity contribution is -0.0252. The largest absolute Gasteiger partial charge is 0.392 e. The Labute approximate surface area is 62.4 Å². The molecule has 1 nitrogen and oxygen atoms in total. The Hall–Kier alpha value is -0.0400. The van der Waals surface area contributed by atoms with Crippen LogP contribution in [0.15, 0.2) is 0 Å². The summed E-state index contributed by atoms with van der Waals surface area (Å²) in [7, 11) is 0. The predicted octanol–water partition coefficient (Wildman–Crippen LogP) is 1.95. The minimum absolute atomic E-state index is 0.0289. The van der Waals surface area contributed by atoms with Gasteiger partial charge in [0.05, 0.1) is 6.10 Å². The molecular formula is C9H16O. The number of rotatable bonds is 0. The summed E-state index contributed by atoms with van der Waals surface area (Å²) in [6.45, 7) is 2.18. The molecule has 58 valence electrons. The van der Waals surface area contributed by atoms with Crippen LogP contribution in [0.1, 0.15) is 39.0 Å². The van der Waals surface area contributed by atoms with E-state index in [0.717, 1.165) is 0 Å². The van der Waals surface area contributed by atoms with E-state index in [2.05, 4.69) is 6.92 Å². The molecule has 0 saturated heterocycles. The fraction of sp³-hybridized carbons (Fsp3) is 1.00. The Morgan fingerprint density at radius 2 is 2.00 bits per heavy atom. The summed E-state index contributed by atoms with van der Waals surface area (Å²) in [5, 5.41) is 9.77. The molecule has 2 aliphatic rings. The fourth-order valence-electron chi connectivity index (χ4n) is 2.60. The topological polar surface area (TPSA) is 20.2 Å². The first-order valence-electron chi connectivity index (χ1n) is 4.43. The van der Waals surface area contributed by atoms with Crippen molar-refractivity contribution >= 4 is 0 Å². The maximum absolute atomic E-state index is 9.77. The van der Waals surface area contributed by atoms with E-state index >= 15 is 0 Å². The zero-order chi connectivity index (χ0) is 7.19. The van der Waals surface area contributed by atoms with Gasteiger partial charge < -0.3 is 5.11 Å². The van der Waals surface area contributed by atoms with Crippen LogP contribution >= 0.6 is 0 Å². The van der Waals surface area contributed by atoms with Crippen LogP contribution in [0.2, 0.25) is 0 Å². The van der Waals surface area contributed by atoms with Crippen molar-refractivity contribution in [3.8, 4) is 0 Å². The monoisotopic (exact) mass is 140 g/mol. The third-order valence-corrected chi connectivity index (χ3v) is 3.61. The first kappa shape index (κ1) is 6.66. The summed E-state index contributed by atoms with van der Waals surface area (Å²) >= 11 is 0. The molecule has 2 rings (SSSR count). The van der Waals surface area contributed by atoms with Crippen LogP contribution in [0.3, 0.4) is 0 Å². The van der Waals surface area contributed by atoms with Crippen LogP contribution in [-0.2, 0) is 0 Å². The van der Waals surface area contributed by atoms with Crippen molar-refractivity contribution in [2.45, 2.75) is 45.1 Å². The molecule has 0 bridgehead atoms. The van der Waals surface area contributed by atoms with Crippen LogP contribution in [0.5, 0.6) is 0 Å². The maximum Gasteiger partial charge on any atom is 0.0621 e. The van der Waals surface area contributed by atoms with Crippen molar-refractivity contribution in [1.82, 2.24) is 0 Å². The third-order valence-electron chi connectivity index (χ3n) is 3.61. The van der Waals surface area contributed by atoms with Gasteiger partial charge in [0.15, 0.2) is 0 Å². The number of hydrogen-bond acceptors (Lipinski definition) is 1. The number of aliphatic hydroxyl groups is 1. The second kappa shape index (κ2) is 1.97. The second-order valence-electron chi connectivity index (χ2n) is 4.18. The zero-order valence-electron chi connectivity index (χ0n) is 6.64. The number of hydrogen-bond donors (Lipinski definition) is 1. The van der Waals surface area contributed by atoms with Gasteiger partial charge in [0, 0.05) is 0 Å². The lowest BCUT2D eigenvalue weighted by Crippen LogP contribution is -2.38. The van der Waals surface area contributed by atoms with Gasteiger partial charge in [0.1, 0.15) is 0 Å². The highest BCUT2D eigenvalue weighted by Gasteiger charge is 2.49. The first-order valence-corrected chi connectivity index (χ1v) is 4.43. The van der Waals surface area contributed by atoms with E-state index in [0.29, 0.717) is 11.3 Å². The van der Waals surface area contributed by atoms with Gasteiger partial charge in [0.25, 0.3) is 0 Å². The normalized spacial score (nSPS) is 43.8. The molecule has 0 aromatic carbocycles. The van der Waals surface area contributed by atoms with Gasteiger partial charge in [-0.15, -0.1) is 0 Å². The van der Waals surface area contributed by atoms with Crippen molar-refractivity contribution in [1.29, 1.82) is 0 Å². The van der Waals surface area contributed by atoms with Crippen molar-refractivity contribution in [3.63, 3.8) is 0 Å². The highest BCUT2D eigenvalue weighted by molar-refractivity contribution is 5.00. The summed E-state index contributed by atoms with van der Waals surface area (Å²) < 4.78 is 0. The first-order chi connectivity index (χ1) is 4.75. The van der Waals surface area contributed by atoms with E-state index in [-0.39, 0.29) is 6.10 Å². The Kier molecular flexibility index (Phi) is 1.31. The Balaban J connectivity index is 2.10. The highest BCUT2D eigenvalue weighted by Crippen LogP contribution is 2.54. The molecular weight excluding hydrogens is 124 g/mol. The molecule has 1 N–H and O–H groups in total. The minimum Gasteiger partial charge on any atom is -0.392 e. The molecule has 1 spiro atoms. The van der Waals surface area contributed by atoms with E-state index in [1.807, 2.05) is 0 Å². The van der Waals surface area contributed by atoms with Gasteiger partial charge in [-0.2, -0.15) is 0 Å². The Morgan fingerprint density at radius 1 is 1.30 bits per heavy atom. The van der Waals surface area contributed by atoms with E-state index in [4.69, 9.17) is 0 Å². The van der Waals surface area contributed by atoms with Gasteiger partial charge in [-0.25, -0.2) is 0 Å². The number of aliphatic hydroxyl groups excluding tert-OH is 1. The molecule has 1 heteroatoms. The minimum atomic E-state index is 0.0289. The SMILES string of the molecule is C[C@H]1CCC2(CCC2)[C@H]1O. The quantitative estimate of drug-likeness (QED) is 0.545. The van der Waals surface area contributed by atoms with Crippen LogP contribution in [0.25, 0.3) is 0 Å². The molecule has 2 fully saturated rings. The molecule has 2 saturated carbocycles. The smallest absolute Gasteiger partial charge is 0.0621 e. The van der Waals surface area contributed by atoms with Gasteiger partial charge >= 0.3 is 0 Å². The molecule has 0 heterocycles. The molecule has 2 aliphatic carbocycles. The molecule has 0 aromatic heterocycles. The average molecular weight is 140 g/mol. The van der Waals surface area contributed by atoms with E-state index in [1.54, 1.807) is 0 Å². The van der Waals surface area contributed by atoms with Crippen molar-refractivity contribution in [2.75, 3.05) is 0 Å². The van der Waals surface area contributed by atoms with E-state index < -0.39 is 0 Å². The Morgan fingerprint density at radius 3 is 2.20 bits per heavy atom. The molecule has 0 unspecified atom stereocenters. The second-order valence-corrected chi connectivity index (χ2v) is 4.18. The molecule has 0 radical (unpaired) electrons. The molecule has 2 atom stereocenters. The lowest BCUT2D eigenvalue weighted by atomic mass is 9.66. The van der Waals surface area contributed by atoms with Crippen LogP contribution in [0.4, 0.5) is 0 Å². The van der Waals surface area contributed by atoms with Crippen LogP contribution < -0.4 is 0 Å². The van der Waals surface area contributed by atoms with Gasteiger partial charge in [0.2, 0.25) is 0 Å². The zero-order valence-corrected chi connectivity index (χ0v) is 6.64. The van der Waals surface area contributed by atoms with Crippen molar-refractivity contribution in [3.05, 3.63) is 0 Å². The average Bonchev–Trinajstić information content (AvgIpc) is 2.10. The molecule has 10 heavy (non-hydrogen) atoms. The third kappa shape index (κ3) is 0.672. The predicted molar refractivity (Wildman–Crippen MR) is 40.7 cm³/mol. The summed E-state index contributed by atoms with van der Waals surface area (Å²) in [5.41, 5.74) is 0.402. The summed E-state index contributed by atoms with van der Waals surface area (Å²) in [6.07, 6.45) is 6.50. The van der Waals surface area contributed by atoms with Gasteiger partial charge in [-0.3, -0.25) is 0 Å². The van der Waals surface area contributed by atoms with E-state index in [1.165, 1.54) is 32.1 Å². The van der Waals surface area contributed by atoms with Gasteiger partial charge in [-0.1, -0.05) is 13.3 Å². The van der Waals surface area contributed by atoms with Crippen LogP contribution in [-0.4, -0.2) is 11.2 Å². The van der Waals surface area contributed by atoms with Crippen LogP contribution in [0, 0.1) is 11.3 Å². The maximum atomic E-state index is 9.77.